The highest BCUT2D eigenvalue weighted by Gasteiger charge is 2.39. The van der Waals surface area contributed by atoms with Crippen molar-refractivity contribution in [2.45, 2.75) is 77.2 Å². The summed E-state index contributed by atoms with van der Waals surface area (Å²) < 4.78 is 0. The molecule has 1 aromatic carbocycles. The van der Waals surface area contributed by atoms with E-state index in [2.05, 4.69) is 47.3 Å². The number of amides is 1. The Morgan fingerprint density at radius 2 is 1.94 bits per heavy atom. The number of H-pyrrole nitrogens is 1. The van der Waals surface area contributed by atoms with Gasteiger partial charge in [-0.3, -0.25) is 9.78 Å². The number of fused-ring (bicyclic) bond motifs is 1. The summed E-state index contributed by atoms with van der Waals surface area (Å²) in [5, 5.41) is 15.3. The molecule has 3 aromatic rings. The van der Waals surface area contributed by atoms with Crippen LogP contribution in [0.2, 0.25) is 0 Å². The summed E-state index contributed by atoms with van der Waals surface area (Å²) >= 11 is 0. The number of benzene rings is 1. The van der Waals surface area contributed by atoms with Crippen molar-refractivity contribution in [2.24, 2.45) is 11.7 Å². The summed E-state index contributed by atoms with van der Waals surface area (Å²) in [6.45, 7) is 10.6. The van der Waals surface area contributed by atoms with Gasteiger partial charge in [0.1, 0.15) is 0 Å². The zero-order valence-corrected chi connectivity index (χ0v) is 21.7. The van der Waals surface area contributed by atoms with Gasteiger partial charge in [0.2, 0.25) is 5.91 Å². The molecule has 6 heteroatoms. The number of nitrogens with one attached hydrogen (secondary N) is 2. The van der Waals surface area contributed by atoms with E-state index >= 15 is 0 Å². The number of rotatable bonds is 8. The zero-order valence-electron chi connectivity index (χ0n) is 21.7. The first-order chi connectivity index (χ1) is 16.6. The van der Waals surface area contributed by atoms with Gasteiger partial charge in [0.15, 0.2) is 0 Å². The van der Waals surface area contributed by atoms with Crippen LogP contribution >= 0.6 is 0 Å². The quantitative estimate of drug-likeness (QED) is 0.370. The molecule has 1 amide bonds. The van der Waals surface area contributed by atoms with Crippen molar-refractivity contribution in [1.29, 1.82) is 0 Å². The van der Waals surface area contributed by atoms with Crippen LogP contribution < -0.4 is 11.1 Å². The molecule has 1 aliphatic rings. The number of carbonyl (C=O) groups is 1. The molecule has 35 heavy (non-hydrogen) atoms. The van der Waals surface area contributed by atoms with Crippen molar-refractivity contribution in [3.05, 3.63) is 53.3 Å². The minimum atomic E-state index is -1.05. The first-order valence-electron chi connectivity index (χ1n) is 12.9. The molecule has 2 heterocycles. The number of carbonyl (C=O) groups excluding carboxylic acids is 1. The summed E-state index contributed by atoms with van der Waals surface area (Å²) in [5.41, 5.74) is 10.6. The molecule has 0 bridgehead atoms. The summed E-state index contributed by atoms with van der Waals surface area (Å²) in [4.78, 5) is 21.3. The standard InChI is InChI=1S/C29H40N4O2/c1-18(2)25-23-15-22(10-11-24(23)33-26(25)20-12-13-31-19(3)14-20)28(4,5)27(34)32-17-29(35,16-30)21-8-6-7-9-21/h10-15,18,21,33,35H,6-9,16-17,30H2,1-5H3,(H,32,34). The van der Waals surface area contributed by atoms with Crippen molar-refractivity contribution in [2.75, 3.05) is 13.1 Å². The number of aryl methyl sites for hydroxylation is 1. The Labute approximate surface area is 208 Å². The van der Waals surface area contributed by atoms with Gasteiger partial charge in [-0.1, -0.05) is 32.8 Å². The Balaban J connectivity index is 1.64. The lowest BCUT2D eigenvalue weighted by Gasteiger charge is -2.34. The zero-order chi connectivity index (χ0) is 25.4. The van der Waals surface area contributed by atoms with Crippen molar-refractivity contribution < 1.29 is 9.90 Å². The molecular weight excluding hydrogens is 436 g/mol. The molecule has 5 N–H and O–H groups in total. The minimum Gasteiger partial charge on any atom is -0.386 e. The highest BCUT2D eigenvalue weighted by atomic mass is 16.3. The predicted octanol–water partition coefficient (Wildman–Crippen LogP) is 4.94. The maximum Gasteiger partial charge on any atom is 0.230 e. The lowest BCUT2D eigenvalue weighted by molar-refractivity contribution is -0.127. The number of aliphatic hydroxyl groups is 1. The molecule has 1 atom stereocenters. The van der Waals surface area contributed by atoms with Crippen LogP contribution in [0.4, 0.5) is 0 Å². The lowest BCUT2D eigenvalue weighted by Crippen LogP contribution is -2.55. The van der Waals surface area contributed by atoms with Gasteiger partial charge >= 0.3 is 0 Å². The third-order valence-electron chi connectivity index (χ3n) is 7.91. The summed E-state index contributed by atoms with van der Waals surface area (Å²) in [6, 6.07) is 10.4. The van der Waals surface area contributed by atoms with Crippen molar-refractivity contribution >= 4 is 16.8 Å². The van der Waals surface area contributed by atoms with Crippen LogP contribution in [-0.2, 0) is 10.2 Å². The molecule has 0 spiro atoms. The van der Waals surface area contributed by atoms with Gasteiger partial charge in [-0.25, -0.2) is 0 Å². The van der Waals surface area contributed by atoms with Crippen molar-refractivity contribution in [1.82, 2.24) is 15.3 Å². The van der Waals surface area contributed by atoms with E-state index in [1.54, 1.807) is 0 Å². The average Bonchev–Trinajstić information content (AvgIpc) is 3.50. The largest absolute Gasteiger partial charge is 0.386 e. The summed E-state index contributed by atoms with van der Waals surface area (Å²) in [6.07, 6.45) is 6.00. The van der Waals surface area contributed by atoms with Gasteiger partial charge < -0.3 is 21.1 Å². The summed E-state index contributed by atoms with van der Waals surface area (Å²) in [7, 11) is 0. The molecule has 1 fully saturated rings. The van der Waals surface area contributed by atoms with Gasteiger partial charge in [0, 0.05) is 41.4 Å². The number of hydrogen-bond acceptors (Lipinski definition) is 4. The highest BCUT2D eigenvalue weighted by molar-refractivity contribution is 5.94. The Morgan fingerprint density at radius 1 is 1.23 bits per heavy atom. The number of nitrogens with two attached hydrogens (primary N) is 1. The van der Waals surface area contributed by atoms with Crippen molar-refractivity contribution in [3.8, 4) is 11.3 Å². The van der Waals surface area contributed by atoms with E-state index < -0.39 is 11.0 Å². The first kappa shape index (κ1) is 25.4. The Bertz CT molecular complexity index is 1210. The topological polar surface area (TPSA) is 104 Å². The minimum absolute atomic E-state index is 0.103. The molecule has 6 nitrogen and oxygen atoms in total. The third kappa shape index (κ3) is 4.87. The fourth-order valence-electron chi connectivity index (χ4n) is 5.56. The molecule has 1 unspecified atom stereocenters. The Hall–Kier alpha value is -2.70. The van der Waals surface area contributed by atoms with E-state index in [9.17, 15) is 9.90 Å². The first-order valence-corrected chi connectivity index (χ1v) is 12.9. The van der Waals surface area contributed by atoms with Gasteiger partial charge in [0.05, 0.1) is 16.7 Å². The number of aromatic nitrogens is 2. The van der Waals surface area contributed by atoms with Crippen LogP contribution in [0.3, 0.4) is 0 Å². The fourth-order valence-corrected chi connectivity index (χ4v) is 5.56. The van der Waals surface area contributed by atoms with Crippen LogP contribution in [0.25, 0.3) is 22.2 Å². The number of nitrogens with zero attached hydrogens (tertiary/aromatic N) is 1. The van der Waals surface area contributed by atoms with E-state index in [1.165, 1.54) is 5.56 Å². The second-order valence-electron chi connectivity index (χ2n) is 11.1. The van der Waals surface area contributed by atoms with E-state index in [4.69, 9.17) is 5.73 Å². The molecule has 0 aliphatic heterocycles. The van der Waals surface area contributed by atoms with Gasteiger partial charge in [-0.05, 0) is 80.8 Å². The molecule has 0 saturated heterocycles. The molecule has 188 valence electrons. The average molecular weight is 477 g/mol. The molecular formula is C29H40N4O2. The Kier molecular flexibility index (Phi) is 7.07. The second kappa shape index (κ2) is 9.75. The number of pyridine rings is 1. The van der Waals surface area contributed by atoms with E-state index in [-0.39, 0.29) is 24.9 Å². The fraction of sp³-hybridized carbons (Fsp3) is 0.517. The van der Waals surface area contributed by atoms with E-state index in [0.717, 1.165) is 59.1 Å². The van der Waals surface area contributed by atoms with E-state index in [0.29, 0.717) is 5.92 Å². The smallest absolute Gasteiger partial charge is 0.230 e. The van der Waals surface area contributed by atoms with Crippen molar-refractivity contribution in [3.63, 3.8) is 0 Å². The van der Waals surface area contributed by atoms with Crippen LogP contribution in [-0.4, -0.2) is 39.7 Å². The Morgan fingerprint density at radius 3 is 2.57 bits per heavy atom. The van der Waals surface area contributed by atoms with E-state index in [1.807, 2.05) is 39.1 Å². The molecule has 2 aromatic heterocycles. The highest BCUT2D eigenvalue weighted by Crippen LogP contribution is 2.38. The monoisotopic (exact) mass is 476 g/mol. The normalized spacial score (nSPS) is 16.7. The third-order valence-corrected chi connectivity index (χ3v) is 7.91. The van der Waals surface area contributed by atoms with Crippen LogP contribution in [0.1, 0.15) is 76.1 Å². The molecule has 0 radical (unpaired) electrons. The summed E-state index contributed by atoms with van der Waals surface area (Å²) in [5.74, 6) is 0.342. The van der Waals surface area contributed by atoms with Gasteiger partial charge in [-0.2, -0.15) is 0 Å². The molecule has 4 rings (SSSR count). The predicted molar refractivity (Wildman–Crippen MR) is 142 cm³/mol. The maximum atomic E-state index is 13.4. The van der Waals surface area contributed by atoms with Gasteiger partial charge in [-0.15, -0.1) is 0 Å². The SMILES string of the molecule is Cc1cc(-c2[nH]c3ccc(C(C)(C)C(=O)NCC(O)(CN)C4CCCC4)cc3c2C(C)C)ccn1. The number of hydrogen-bond donors (Lipinski definition) is 4. The van der Waals surface area contributed by atoms with Gasteiger partial charge in [0.25, 0.3) is 0 Å². The maximum absolute atomic E-state index is 13.4. The van der Waals surface area contributed by atoms with Crippen LogP contribution in [0.15, 0.2) is 36.5 Å². The number of aromatic amines is 1. The van der Waals surface area contributed by atoms with Crippen LogP contribution in [0.5, 0.6) is 0 Å². The van der Waals surface area contributed by atoms with Crippen LogP contribution in [0, 0.1) is 12.8 Å². The second-order valence-corrected chi connectivity index (χ2v) is 11.1. The molecule has 1 aliphatic carbocycles. The molecule has 1 saturated carbocycles. The lowest BCUT2D eigenvalue weighted by atomic mass is 9.81.